The predicted octanol–water partition coefficient (Wildman–Crippen LogP) is 4.89. The molecule has 32 heavy (non-hydrogen) atoms. The molecule has 3 aromatic rings. The second-order valence-corrected chi connectivity index (χ2v) is 9.88. The second kappa shape index (κ2) is 9.07. The number of hydrogen-bond donors (Lipinski definition) is 2. The molecule has 1 atom stereocenters. The Hall–Kier alpha value is -3.27. The normalized spacial score (nSPS) is 15.6. The Balaban J connectivity index is 1.77. The number of anilines is 2. The average Bonchev–Trinajstić information content (AvgIpc) is 2.71. The van der Waals surface area contributed by atoms with E-state index in [1.165, 1.54) is 24.5 Å². The number of rotatable bonds is 2. The highest BCUT2D eigenvalue weighted by Gasteiger charge is 2.15. The van der Waals surface area contributed by atoms with Crippen molar-refractivity contribution in [2.45, 2.75) is 18.6 Å². The third kappa shape index (κ3) is 5.50. The molecule has 168 valence electrons. The summed E-state index contributed by atoms with van der Waals surface area (Å²) in [5.41, 5.74) is 1.56. The summed E-state index contributed by atoms with van der Waals surface area (Å²) in [5, 5.41) is 3.01. The third-order valence-electron chi connectivity index (χ3n) is 4.68. The number of hydrogen-bond acceptors (Lipinski definition) is 7. The van der Waals surface area contributed by atoms with Gasteiger partial charge in [-0.05, 0) is 48.7 Å². The van der Waals surface area contributed by atoms with E-state index in [2.05, 4.69) is 15.3 Å². The van der Waals surface area contributed by atoms with Gasteiger partial charge >= 0.3 is 0 Å². The first kappa shape index (κ1) is 21.9. The summed E-state index contributed by atoms with van der Waals surface area (Å²) >= 11 is 0. The minimum absolute atomic E-state index is 0.00481. The minimum atomic E-state index is -2.77. The Morgan fingerprint density at radius 2 is 1.88 bits per heavy atom. The number of nitrogens with one attached hydrogen (secondary N) is 2. The highest BCUT2D eigenvalue weighted by atomic mass is 32.2. The molecule has 1 aromatic heterocycles. The molecule has 0 saturated heterocycles. The summed E-state index contributed by atoms with van der Waals surface area (Å²) in [6.45, 7) is 0.666. The molecule has 1 unspecified atom stereocenters. The van der Waals surface area contributed by atoms with E-state index < -0.39 is 21.4 Å². The first-order valence-electron chi connectivity index (χ1n) is 9.97. The molecular weight excluding hydrogens is 438 g/mol. The molecule has 10 heteroatoms. The van der Waals surface area contributed by atoms with Gasteiger partial charge in [-0.25, -0.2) is 23.0 Å². The maximum absolute atomic E-state index is 14.5. The van der Waals surface area contributed by atoms with Gasteiger partial charge in [0, 0.05) is 33.3 Å². The Bertz CT molecular complexity index is 1250. The molecule has 1 aliphatic heterocycles. The number of fused-ring (bicyclic) bond motifs is 7. The molecule has 0 aliphatic carbocycles. The largest absolute Gasteiger partial charge is 0.494 e. The zero-order valence-electron chi connectivity index (χ0n) is 17.4. The second-order valence-electron chi connectivity index (χ2n) is 7.58. The van der Waals surface area contributed by atoms with Gasteiger partial charge in [-0.1, -0.05) is 0 Å². The van der Waals surface area contributed by atoms with Gasteiger partial charge in [-0.2, -0.15) is 0 Å². The van der Waals surface area contributed by atoms with Crippen LogP contribution in [0.1, 0.15) is 18.4 Å². The van der Waals surface area contributed by atoms with Crippen LogP contribution >= 0.6 is 0 Å². The van der Waals surface area contributed by atoms with Crippen molar-refractivity contribution in [1.82, 2.24) is 9.97 Å². The van der Waals surface area contributed by atoms with Crippen LogP contribution in [0.15, 0.2) is 42.6 Å². The van der Waals surface area contributed by atoms with Crippen molar-refractivity contribution in [1.29, 1.82) is 4.78 Å². The van der Waals surface area contributed by atoms with Crippen molar-refractivity contribution in [2.75, 3.05) is 24.8 Å². The van der Waals surface area contributed by atoms with E-state index in [-0.39, 0.29) is 29.8 Å². The van der Waals surface area contributed by atoms with Gasteiger partial charge in [0.15, 0.2) is 17.4 Å². The van der Waals surface area contributed by atoms with E-state index in [0.29, 0.717) is 42.0 Å². The Morgan fingerprint density at radius 1 is 1.09 bits per heavy atom. The molecule has 1 aliphatic rings. The molecule has 0 saturated carbocycles. The maximum Gasteiger partial charge on any atom is 0.227 e. The summed E-state index contributed by atoms with van der Waals surface area (Å²) in [4.78, 5) is 8.24. The van der Waals surface area contributed by atoms with Crippen molar-refractivity contribution in [2.24, 2.45) is 0 Å². The molecule has 7 nitrogen and oxygen atoms in total. The smallest absolute Gasteiger partial charge is 0.227 e. The average molecular weight is 461 g/mol. The summed E-state index contributed by atoms with van der Waals surface area (Å²) < 4.78 is 59.7. The fraction of sp³-hybridized carbons (Fsp3) is 0.273. The van der Waals surface area contributed by atoms with Crippen molar-refractivity contribution in [3.8, 4) is 22.8 Å². The van der Waals surface area contributed by atoms with Crippen LogP contribution in [-0.4, -0.2) is 33.6 Å². The van der Waals surface area contributed by atoms with E-state index >= 15 is 0 Å². The summed E-state index contributed by atoms with van der Waals surface area (Å²) in [6, 6.07) is 9.25. The molecule has 2 aromatic carbocycles. The van der Waals surface area contributed by atoms with E-state index in [4.69, 9.17) is 14.3 Å². The van der Waals surface area contributed by atoms with E-state index in [9.17, 15) is 13.0 Å². The lowest BCUT2D eigenvalue weighted by molar-refractivity contribution is 0.260. The standard InChI is InChI=1S/C22H22F2N4O3S/c1-32(25,29)13-14-8-16-11-17(9-14)30-6-2-3-7-31-20-10-15(4-5-18(20)23)21-19(24)12-26-22(27-16)28-21/h4-5,8-12,25H,2-3,6-7,13H2,1H3,(H,26,27,28). The number of nitrogens with zero attached hydrogens (tertiary/aromatic N) is 2. The number of aromatic nitrogens is 2. The summed E-state index contributed by atoms with van der Waals surface area (Å²) in [6.07, 6.45) is 3.68. The van der Waals surface area contributed by atoms with Crippen LogP contribution in [0.25, 0.3) is 11.3 Å². The monoisotopic (exact) mass is 460 g/mol. The van der Waals surface area contributed by atoms with Gasteiger partial charge in [-0.3, -0.25) is 4.78 Å². The predicted molar refractivity (Wildman–Crippen MR) is 118 cm³/mol. The number of benzene rings is 2. The molecule has 0 amide bonds. The summed E-state index contributed by atoms with van der Waals surface area (Å²) in [5.74, 6) is -0.473. The summed E-state index contributed by atoms with van der Waals surface area (Å²) in [7, 11) is -2.77. The van der Waals surface area contributed by atoms with Crippen LogP contribution in [0.5, 0.6) is 11.5 Å². The minimum Gasteiger partial charge on any atom is -0.494 e. The van der Waals surface area contributed by atoms with Crippen molar-refractivity contribution >= 4 is 21.4 Å². The van der Waals surface area contributed by atoms with E-state index in [1.54, 1.807) is 18.2 Å². The molecule has 2 heterocycles. The fourth-order valence-electron chi connectivity index (χ4n) is 3.31. The first-order valence-corrected chi connectivity index (χ1v) is 12.1. The van der Waals surface area contributed by atoms with Crippen LogP contribution in [0.2, 0.25) is 0 Å². The molecule has 4 rings (SSSR count). The van der Waals surface area contributed by atoms with Crippen molar-refractivity contribution < 1.29 is 22.5 Å². The Labute approximate surface area is 184 Å². The van der Waals surface area contributed by atoms with Crippen LogP contribution in [0.3, 0.4) is 0 Å². The quantitative estimate of drug-likeness (QED) is 0.565. The molecule has 6 bridgehead atoms. The van der Waals surface area contributed by atoms with E-state index in [0.717, 1.165) is 6.20 Å². The first-order chi connectivity index (χ1) is 15.3. The highest BCUT2D eigenvalue weighted by molar-refractivity contribution is 7.90. The molecule has 2 N–H and O–H groups in total. The maximum atomic E-state index is 14.5. The zero-order valence-corrected chi connectivity index (χ0v) is 18.2. The van der Waals surface area contributed by atoms with Gasteiger partial charge in [-0.15, -0.1) is 0 Å². The zero-order chi connectivity index (χ0) is 22.7. The van der Waals surface area contributed by atoms with Crippen molar-refractivity contribution in [3.63, 3.8) is 0 Å². The topological polar surface area (TPSA) is 97.2 Å². The van der Waals surface area contributed by atoms with E-state index in [1.807, 2.05) is 0 Å². The molecule has 0 fully saturated rings. The molecule has 0 spiro atoms. The van der Waals surface area contributed by atoms with Gasteiger partial charge in [0.25, 0.3) is 0 Å². The lowest BCUT2D eigenvalue weighted by Crippen LogP contribution is -2.06. The number of halogens is 2. The molecule has 0 radical (unpaired) electrons. The fourth-order valence-corrected chi connectivity index (χ4v) is 4.12. The van der Waals surface area contributed by atoms with Crippen LogP contribution in [-0.2, 0) is 15.5 Å². The van der Waals surface area contributed by atoms with Crippen LogP contribution in [0, 0.1) is 16.4 Å². The lowest BCUT2D eigenvalue weighted by atomic mass is 10.1. The molecular formula is C22H22F2N4O3S. The lowest BCUT2D eigenvalue weighted by Gasteiger charge is -2.14. The van der Waals surface area contributed by atoms with Crippen LogP contribution in [0.4, 0.5) is 20.4 Å². The van der Waals surface area contributed by atoms with Gasteiger partial charge < -0.3 is 14.8 Å². The third-order valence-corrected chi connectivity index (χ3v) is 5.56. The van der Waals surface area contributed by atoms with Crippen LogP contribution < -0.4 is 14.8 Å². The SMILES string of the molecule is CS(=N)(=O)Cc1cc2cc(c1)OCCCCOc1cc(ccc1F)-c1nc(ncc1F)N2. The van der Waals surface area contributed by atoms with Gasteiger partial charge in [0.2, 0.25) is 5.95 Å². The van der Waals surface area contributed by atoms with Gasteiger partial charge in [0.1, 0.15) is 11.4 Å². The number of ether oxygens (including phenoxy) is 2. The Kier molecular flexibility index (Phi) is 6.22. The van der Waals surface area contributed by atoms with Gasteiger partial charge in [0.05, 0.1) is 25.2 Å². The highest BCUT2D eigenvalue weighted by Crippen LogP contribution is 2.29. The van der Waals surface area contributed by atoms with Crippen molar-refractivity contribution in [3.05, 3.63) is 59.8 Å². The Morgan fingerprint density at radius 3 is 2.66 bits per heavy atom.